The number of nitrogens with one attached hydrogen (secondary N) is 1. The predicted octanol–water partition coefficient (Wildman–Crippen LogP) is 3.29. The Morgan fingerprint density at radius 1 is 1.06 bits per heavy atom. The van der Waals surface area contributed by atoms with Crippen molar-refractivity contribution in [2.45, 2.75) is 56.3 Å². The van der Waals surface area contributed by atoms with Crippen molar-refractivity contribution < 1.29 is 13.2 Å². The van der Waals surface area contributed by atoms with E-state index in [2.05, 4.69) is 5.32 Å². The van der Waals surface area contributed by atoms with Crippen LogP contribution in [0.2, 0.25) is 0 Å². The normalized spacial score (nSPS) is 33.2. The molecule has 4 aliphatic carbocycles. The highest BCUT2D eigenvalue weighted by molar-refractivity contribution is 7.89. The fourth-order valence-corrected chi connectivity index (χ4v) is 8.82. The first-order valence-corrected chi connectivity index (χ1v) is 13.1. The van der Waals surface area contributed by atoms with Gasteiger partial charge in [0.25, 0.3) is 0 Å². The van der Waals surface area contributed by atoms with E-state index in [4.69, 9.17) is 0 Å². The number of benzene rings is 1. The molecular formula is C24H31N3O3S. The van der Waals surface area contributed by atoms with E-state index < -0.39 is 10.0 Å². The Morgan fingerprint density at radius 3 is 2.23 bits per heavy atom. The Hall–Kier alpha value is -1.91. The number of hydrogen-bond acceptors (Lipinski definition) is 4. The number of sulfonamides is 1. The fraction of sp³-hybridized carbons (Fsp3) is 0.667. The van der Waals surface area contributed by atoms with Gasteiger partial charge in [0.1, 0.15) is 6.07 Å². The maximum atomic E-state index is 13.0. The Labute approximate surface area is 185 Å². The number of nitriles is 1. The molecule has 4 saturated carbocycles. The van der Waals surface area contributed by atoms with Gasteiger partial charge in [-0.2, -0.15) is 9.57 Å². The number of amides is 1. The first kappa shape index (κ1) is 21.0. The van der Waals surface area contributed by atoms with Gasteiger partial charge in [-0.1, -0.05) is 12.1 Å². The summed E-state index contributed by atoms with van der Waals surface area (Å²) in [5.41, 5.74) is 0.480. The summed E-state index contributed by atoms with van der Waals surface area (Å²) in [5, 5.41) is 12.5. The van der Waals surface area contributed by atoms with E-state index in [1.807, 2.05) is 6.07 Å². The molecule has 0 spiro atoms. The molecule has 1 aromatic rings. The number of carbonyl (C=O) groups excluding carboxylic acids is 1. The lowest BCUT2D eigenvalue weighted by Crippen LogP contribution is -2.52. The molecule has 1 saturated heterocycles. The number of rotatable bonds is 5. The second-order valence-electron chi connectivity index (χ2n) is 10.4. The largest absolute Gasteiger partial charge is 0.355 e. The van der Waals surface area contributed by atoms with Crippen LogP contribution in [-0.2, 0) is 14.8 Å². The molecule has 6 nitrogen and oxygen atoms in total. The lowest BCUT2D eigenvalue weighted by atomic mass is 9.49. The molecule has 5 fully saturated rings. The second-order valence-corrected chi connectivity index (χ2v) is 12.3. The predicted molar refractivity (Wildman–Crippen MR) is 116 cm³/mol. The highest BCUT2D eigenvalue weighted by Gasteiger charge is 2.50. The van der Waals surface area contributed by atoms with E-state index in [0.29, 0.717) is 31.3 Å². The first-order chi connectivity index (χ1) is 14.9. The minimum Gasteiger partial charge on any atom is -0.355 e. The van der Waals surface area contributed by atoms with Crippen molar-refractivity contribution in [3.63, 3.8) is 0 Å². The van der Waals surface area contributed by atoms with Crippen LogP contribution in [0.1, 0.15) is 56.9 Å². The lowest BCUT2D eigenvalue weighted by molar-refractivity contribution is -0.128. The fourth-order valence-electron chi connectivity index (χ4n) is 7.21. The highest BCUT2D eigenvalue weighted by Crippen LogP contribution is 2.59. The zero-order valence-electron chi connectivity index (χ0n) is 17.9. The van der Waals surface area contributed by atoms with Crippen LogP contribution in [0.25, 0.3) is 0 Å². The van der Waals surface area contributed by atoms with Crippen molar-refractivity contribution in [3.05, 3.63) is 29.8 Å². The molecule has 1 N–H and O–H groups in total. The molecular weight excluding hydrogens is 410 g/mol. The molecule has 7 heteroatoms. The monoisotopic (exact) mass is 441 g/mol. The van der Waals surface area contributed by atoms with Crippen LogP contribution in [0.15, 0.2) is 29.2 Å². The summed E-state index contributed by atoms with van der Waals surface area (Å²) < 4.78 is 27.4. The van der Waals surface area contributed by atoms with E-state index in [-0.39, 0.29) is 22.3 Å². The van der Waals surface area contributed by atoms with Gasteiger partial charge < -0.3 is 5.32 Å². The van der Waals surface area contributed by atoms with Crippen molar-refractivity contribution in [2.24, 2.45) is 29.1 Å². The van der Waals surface area contributed by atoms with Gasteiger partial charge in [-0.15, -0.1) is 0 Å². The van der Waals surface area contributed by atoms with Gasteiger partial charge in [-0.05, 0) is 86.7 Å². The van der Waals surface area contributed by atoms with E-state index in [0.717, 1.165) is 24.3 Å². The molecule has 166 valence electrons. The molecule has 0 atom stereocenters. The smallest absolute Gasteiger partial charge is 0.244 e. The van der Waals surface area contributed by atoms with Gasteiger partial charge in [0.05, 0.1) is 10.5 Å². The standard InChI is InChI=1S/C24H31N3O3S/c25-15-21-3-1-2-4-22(21)31(29,30)27-7-5-20(6-8-27)23(28)26-16-24-12-17-9-18(13-24)11-19(10-17)14-24/h1-4,17-20H,5-14,16H2,(H,26,28). The van der Waals surface area contributed by atoms with Crippen LogP contribution in [0.5, 0.6) is 0 Å². The van der Waals surface area contributed by atoms with Gasteiger partial charge >= 0.3 is 0 Å². The van der Waals surface area contributed by atoms with Crippen molar-refractivity contribution in [1.29, 1.82) is 5.26 Å². The summed E-state index contributed by atoms with van der Waals surface area (Å²) >= 11 is 0. The zero-order chi connectivity index (χ0) is 21.6. The van der Waals surface area contributed by atoms with Crippen LogP contribution in [-0.4, -0.2) is 38.3 Å². The van der Waals surface area contributed by atoms with Gasteiger partial charge in [0.2, 0.25) is 15.9 Å². The highest BCUT2D eigenvalue weighted by atomic mass is 32.2. The van der Waals surface area contributed by atoms with Crippen LogP contribution in [0.3, 0.4) is 0 Å². The molecule has 1 aromatic carbocycles. The summed E-state index contributed by atoms with van der Waals surface area (Å²) in [6.07, 6.45) is 9.07. The van der Waals surface area contributed by atoms with Crippen LogP contribution >= 0.6 is 0 Å². The van der Waals surface area contributed by atoms with Gasteiger partial charge in [-0.3, -0.25) is 4.79 Å². The van der Waals surface area contributed by atoms with Crippen molar-refractivity contribution in [2.75, 3.05) is 19.6 Å². The molecule has 0 radical (unpaired) electrons. The van der Waals surface area contributed by atoms with Crippen molar-refractivity contribution in [1.82, 2.24) is 9.62 Å². The molecule has 4 bridgehead atoms. The Kier molecular flexibility index (Phi) is 5.34. The SMILES string of the molecule is N#Cc1ccccc1S(=O)(=O)N1CCC(C(=O)NCC23CC4CC(CC(C4)C2)C3)CC1. The first-order valence-electron chi connectivity index (χ1n) is 11.7. The van der Waals surface area contributed by atoms with Crippen LogP contribution in [0.4, 0.5) is 0 Å². The van der Waals surface area contributed by atoms with Crippen molar-refractivity contribution >= 4 is 15.9 Å². The minimum atomic E-state index is -3.72. The van der Waals surface area contributed by atoms with Gasteiger partial charge in [-0.25, -0.2) is 8.42 Å². The lowest BCUT2D eigenvalue weighted by Gasteiger charge is -2.57. The van der Waals surface area contributed by atoms with Gasteiger partial charge in [0.15, 0.2) is 0 Å². The van der Waals surface area contributed by atoms with Gasteiger partial charge in [0, 0.05) is 25.6 Å². The van der Waals surface area contributed by atoms with E-state index in [1.54, 1.807) is 12.1 Å². The van der Waals surface area contributed by atoms with Crippen molar-refractivity contribution in [3.8, 4) is 6.07 Å². The Balaban J connectivity index is 1.17. The van der Waals surface area contributed by atoms with E-state index in [1.165, 1.54) is 55.0 Å². The number of nitrogens with zero attached hydrogens (tertiary/aromatic N) is 2. The summed E-state index contributed by atoms with van der Waals surface area (Å²) in [6, 6.07) is 8.28. The second kappa shape index (κ2) is 7.90. The molecule has 31 heavy (non-hydrogen) atoms. The molecule has 1 amide bonds. The van der Waals surface area contributed by atoms with E-state index in [9.17, 15) is 18.5 Å². The third-order valence-electron chi connectivity index (χ3n) is 8.25. The van der Waals surface area contributed by atoms with E-state index >= 15 is 0 Å². The van der Waals surface area contributed by atoms with Crippen LogP contribution in [0, 0.1) is 40.4 Å². The molecule has 0 aromatic heterocycles. The van der Waals surface area contributed by atoms with Crippen LogP contribution < -0.4 is 5.32 Å². The average molecular weight is 442 g/mol. The molecule has 5 aliphatic rings. The molecule has 1 heterocycles. The number of carbonyl (C=O) groups is 1. The maximum absolute atomic E-state index is 13.0. The Bertz CT molecular complexity index is 970. The molecule has 1 aliphatic heterocycles. The minimum absolute atomic E-state index is 0.0576. The summed E-state index contributed by atoms with van der Waals surface area (Å²) in [6.45, 7) is 1.43. The summed E-state index contributed by atoms with van der Waals surface area (Å²) in [5.74, 6) is 2.56. The third kappa shape index (κ3) is 3.89. The Morgan fingerprint density at radius 2 is 1.65 bits per heavy atom. The number of hydrogen-bond donors (Lipinski definition) is 1. The summed E-state index contributed by atoms with van der Waals surface area (Å²) in [4.78, 5) is 13.0. The maximum Gasteiger partial charge on any atom is 0.244 e. The molecule has 0 unspecified atom stereocenters. The number of piperidine rings is 1. The molecule has 6 rings (SSSR count). The average Bonchev–Trinajstić information content (AvgIpc) is 2.76. The summed E-state index contributed by atoms with van der Waals surface area (Å²) in [7, 11) is -3.72. The topological polar surface area (TPSA) is 90.3 Å². The zero-order valence-corrected chi connectivity index (χ0v) is 18.7. The third-order valence-corrected chi connectivity index (χ3v) is 10.2. The quantitative estimate of drug-likeness (QED) is 0.759.